The lowest BCUT2D eigenvalue weighted by molar-refractivity contribution is -0.139. The molecule has 96 valence electrons. The van der Waals surface area contributed by atoms with Crippen molar-refractivity contribution >= 4 is 30.8 Å². The van der Waals surface area contributed by atoms with Crippen LogP contribution in [0.1, 0.15) is 25.7 Å². The molecule has 0 radical (unpaired) electrons. The number of piperidine rings is 1. The van der Waals surface area contributed by atoms with Gasteiger partial charge in [-0.05, 0) is 32.4 Å². The van der Waals surface area contributed by atoms with Gasteiger partial charge in [0.2, 0.25) is 0 Å². The summed E-state index contributed by atoms with van der Waals surface area (Å²) in [6, 6.07) is 0.137. The molecule has 6 heteroatoms. The van der Waals surface area contributed by atoms with Gasteiger partial charge in [0.05, 0.1) is 0 Å². The molecule has 2 atom stereocenters. The van der Waals surface area contributed by atoms with E-state index in [1.165, 1.54) is 19.3 Å². The first-order valence-electron chi connectivity index (χ1n) is 5.47. The highest BCUT2D eigenvalue weighted by atomic mass is 35.5. The summed E-state index contributed by atoms with van der Waals surface area (Å²) in [5.74, 6) is -0.704. The van der Waals surface area contributed by atoms with E-state index in [1.54, 1.807) is 0 Å². The smallest absolute Gasteiger partial charge is 0.320 e. The second kappa shape index (κ2) is 7.33. The van der Waals surface area contributed by atoms with E-state index in [4.69, 9.17) is 5.11 Å². The first-order valence-corrected chi connectivity index (χ1v) is 5.47. The van der Waals surface area contributed by atoms with Gasteiger partial charge in [0.1, 0.15) is 6.04 Å². The Hall–Kier alpha value is -0.0300. The molecule has 4 nitrogen and oxygen atoms in total. The van der Waals surface area contributed by atoms with E-state index in [0.29, 0.717) is 6.04 Å². The maximum absolute atomic E-state index is 10.7. The largest absolute Gasteiger partial charge is 0.480 e. The Kier molecular flexibility index (Phi) is 7.31. The van der Waals surface area contributed by atoms with E-state index in [-0.39, 0.29) is 30.9 Å². The Bertz CT molecular complexity index is 223. The molecule has 0 saturated carbocycles. The summed E-state index contributed by atoms with van der Waals surface area (Å²) in [6.45, 7) is 3.15. The fourth-order valence-electron chi connectivity index (χ4n) is 2.47. The number of rotatable bonds is 2. The number of halogens is 2. The number of likely N-dealkylation sites (tertiary alicyclic amines) is 1. The van der Waals surface area contributed by atoms with Gasteiger partial charge in [-0.1, -0.05) is 6.42 Å². The number of hydrogen-bond acceptors (Lipinski definition) is 3. The van der Waals surface area contributed by atoms with Crippen molar-refractivity contribution in [2.45, 2.75) is 37.8 Å². The summed E-state index contributed by atoms with van der Waals surface area (Å²) in [5.41, 5.74) is 0. The number of nitrogens with zero attached hydrogens (tertiary/aromatic N) is 1. The molecule has 2 aliphatic heterocycles. The molecular formula is C10H20Cl2N2O2. The lowest BCUT2D eigenvalue weighted by Crippen LogP contribution is -2.40. The van der Waals surface area contributed by atoms with E-state index >= 15 is 0 Å². The third-order valence-electron chi connectivity index (χ3n) is 3.31. The molecule has 0 spiro atoms. The molecule has 16 heavy (non-hydrogen) atoms. The van der Waals surface area contributed by atoms with Crippen molar-refractivity contribution in [3.8, 4) is 0 Å². The van der Waals surface area contributed by atoms with Crippen molar-refractivity contribution in [3.05, 3.63) is 0 Å². The highest BCUT2D eigenvalue weighted by Gasteiger charge is 2.32. The maximum atomic E-state index is 10.7. The average molecular weight is 271 g/mol. The standard InChI is InChI=1S/C10H18N2O2.2ClH/c13-10(14)9-6-8(7-11-9)12-4-2-1-3-5-12;;/h8-9,11H,1-7H2,(H,13,14);2*1H/t8-,9+;;/m1../s1. The Labute approximate surface area is 109 Å². The molecule has 2 rings (SSSR count). The monoisotopic (exact) mass is 270 g/mol. The number of carboxylic acids is 1. The van der Waals surface area contributed by atoms with E-state index in [1.807, 2.05) is 0 Å². The van der Waals surface area contributed by atoms with Crippen molar-refractivity contribution < 1.29 is 9.90 Å². The highest BCUT2D eigenvalue weighted by Crippen LogP contribution is 2.18. The summed E-state index contributed by atoms with van der Waals surface area (Å²) >= 11 is 0. The average Bonchev–Trinajstić information content (AvgIpc) is 2.68. The number of carbonyl (C=O) groups is 1. The van der Waals surface area contributed by atoms with Gasteiger partial charge in [-0.15, -0.1) is 24.8 Å². The highest BCUT2D eigenvalue weighted by molar-refractivity contribution is 5.85. The molecule has 2 N–H and O–H groups in total. The van der Waals surface area contributed by atoms with Crippen LogP contribution in [0.5, 0.6) is 0 Å². The lowest BCUT2D eigenvalue weighted by atomic mass is 10.1. The van der Waals surface area contributed by atoms with E-state index in [0.717, 1.165) is 26.1 Å². The summed E-state index contributed by atoms with van der Waals surface area (Å²) in [5, 5.41) is 11.9. The van der Waals surface area contributed by atoms with Crippen molar-refractivity contribution in [2.24, 2.45) is 0 Å². The summed E-state index contributed by atoms with van der Waals surface area (Å²) in [4.78, 5) is 13.2. The molecule has 0 bridgehead atoms. The van der Waals surface area contributed by atoms with Crippen LogP contribution in [-0.2, 0) is 4.79 Å². The van der Waals surface area contributed by atoms with Crippen LogP contribution in [0.3, 0.4) is 0 Å². The second-order valence-corrected chi connectivity index (χ2v) is 4.29. The van der Waals surface area contributed by atoms with Crippen LogP contribution in [0.2, 0.25) is 0 Å². The van der Waals surface area contributed by atoms with E-state index in [9.17, 15) is 4.79 Å². The zero-order chi connectivity index (χ0) is 9.97. The molecule has 0 aliphatic carbocycles. The summed E-state index contributed by atoms with van der Waals surface area (Å²) in [7, 11) is 0. The van der Waals surface area contributed by atoms with Crippen LogP contribution >= 0.6 is 24.8 Å². The Morgan fingerprint density at radius 2 is 1.81 bits per heavy atom. The summed E-state index contributed by atoms with van der Waals surface area (Å²) in [6.07, 6.45) is 4.65. The van der Waals surface area contributed by atoms with Crippen LogP contribution < -0.4 is 5.32 Å². The predicted octanol–water partition coefficient (Wildman–Crippen LogP) is 1.13. The molecule has 2 aliphatic rings. The molecule has 0 aromatic heterocycles. The molecule has 2 heterocycles. The molecule has 0 aromatic rings. The zero-order valence-corrected chi connectivity index (χ0v) is 10.9. The Morgan fingerprint density at radius 3 is 2.31 bits per heavy atom. The van der Waals surface area contributed by atoms with Crippen LogP contribution in [0.25, 0.3) is 0 Å². The number of nitrogens with one attached hydrogen (secondary N) is 1. The van der Waals surface area contributed by atoms with Crippen LogP contribution in [0.15, 0.2) is 0 Å². The number of carboxylic acid groups (broad SMARTS) is 1. The number of hydrogen-bond donors (Lipinski definition) is 2. The molecule has 2 saturated heterocycles. The van der Waals surface area contributed by atoms with Crippen molar-refractivity contribution in [1.29, 1.82) is 0 Å². The van der Waals surface area contributed by atoms with Crippen molar-refractivity contribution in [3.63, 3.8) is 0 Å². The first-order chi connectivity index (χ1) is 6.77. The van der Waals surface area contributed by atoms with Crippen molar-refractivity contribution in [1.82, 2.24) is 10.2 Å². The maximum Gasteiger partial charge on any atom is 0.320 e. The van der Waals surface area contributed by atoms with Gasteiger partial charge in [0.15, 0.2) is 0 Å². The lowest BCUT2D eigenvalue weighted by Gasteiger charge is -2.31. The van der Waals surface area contributed by atoms with Crippen LogP contribution in [-0.4, -0.2) is 47.7 Å². The van der Waals surface area contributed by atoms with Gasteiger partial charge in [0.25, 0.3) is 0 Å². The fraction of sp³-hybridized carbons (Fsp3) is 0.900. The van der Waals surface area contributed by atoms with Gasteiger partial charge in [0, 0.05) is 12.6 Å². The van der Waals surface area contributed by atoms with Gasteiger partial charge in [-0.25, -0.2) is 0 Å². The minimum absolute atomic E-state index is 0. The Balaban J connectivity index is 0.00000112. The fourth-order valence-corrected chi connectivity index (χ4v) is 2.47. The number of aliphatic carboxylic acids is 1. The van der Waals surface area contributed by atoms with Gasteiger partial charge in [-0.2, -0.15) is 0 Å². The SMILES string of the molecule is Cl.Cl.O=C(O)[C@@H]1C[C@@H](N2CCCCC2)CN1. The van der Waals surface area contributed by atoms with Crippen molar-refractivity contribution in [2.75, 3.05) is 19.6 Å². The van der Waals surface area contributed by atoms with Gasteiger partial charge >= 0.3 is 5.97 Å². The third kappa shape index (κ3) is 3.77. The zero-order valence-electron chi connectivity index (χ0n) is 9.22. The topological polar surface area (TPSA) is 52.6 Å². The molecular weight excluding hydrogens is 251 g/mol. The minimum Gasteiger partial charge on any atom is -0.480 e. The quantitative estimate of drug-likeness (QED) is 0.790. The molecule has 0 amide bonds. The molecule has 0 aromatic carbocycles. The summed E-state index contributed by atoms with van der Waals surface area (Å²) < 4.78 is 0. The van der Waals surface area contributed by atoms with Crippen LogP contribution in [0, 0.1) is 0 Å². The van der Waals surface area contributed by atoms with E-state index < -0.39 is 5.97 Å². The minimum atomic E-state index is -0.704. The van der Waals surface area contributed by atoms with Gasteiger partial charge in [-0.3, -0.25) is 9.69 Å². The van der Waals surface area contributed by atoms with Gasteiger partial charge < -0.3 is 10.4 Å². The van der Waals surface area contributed by atoms with Crippen LogP contribution in [0.4, 0.5) is 0 Å². The van der Waals surface area contributed by atoms with E-state index in [2.05, 4.69) is 10.2 Å². The predicted molar refractivity (Wildman–Crippen MR) is 67.8 cm³/mol. The molecule has 2 fully saturated rings. The third-order valence-corrected chi connectivity index (χ3v) is 3.31. The normalized spacial score (nSPS) is 30.2. The second-order valence-electron chi connectivity index (χ2n) is 4.29. The first kappa shape index (κ1) is 16.0. The Morgan fingerprint density at radius 1 is 1.19 bits per heavy atom. The molecule has 0 unspecified atom stereocenters.